The molecule has 1 rings (SSSR count). The molecule has 0 fully saturated rings. The molecule has 0 N–H and O–H groups in total. The molecule has 0 bridgehead atoms. The first-order valence-corrected chi connectivity index (χ1v) is 6.53. The zero-order valence-corrected chi connectivity index (χ0v) is 12.2. The number of aliphatic imine (C=N–C) groups is 1. The quantitative estimate of drug-likeness (QED) is 0.597. The summed E-state index contributed by atoms with van der Waals surface area (Å²) in [4.78, 5) is 15.6. The number of carbonyl (C=O) groups excluding carboxylic acids is 1. The van der Waals surface area contributed by atoms with Gasteiger partial charge in [0.15, 0.2) is 0 Å². The number of nitrogens with zero attached hydrogens (tertiary/aromatic N) is 1. The Morgan fingerprint density at radius 1 is 1.24 bits per heavy atom. The van der Waals surface area contributed by atoms with E-state index in [2.05, 4.69) is 9.73 Å². The number of methoxy groups -OCH3 is 1. The Labute approximate surface area is 121 Å². The van der Waals surface area contributed by atoms with Crippen LogP contribution >= 0.6 is 0 Å². The standard InChI is InChI=1S/C15H18F3NO2/c1-10(2)8-13(9-14(20)21-3)19-12-6-4-11(5-7-12)15(16,17)18/h4-7,10H,8-9H2,1-3H3. The summed E-state index contributed by atoms with van der Waals surface area (Å²) < 4.78 is 42.0. The van der Waals surface area contributed by atoms with Crippen molar-refractivity contribution in [2.75, 3.05) is 7.11 Å². The van der Waals surface area contributed by atoms with Crippen molar-refractivity contribution in [3.05, 3.63) is 29.8 Å². The van der Waals surface area contributed by atoms with Crippen molar-refractivity contribution in [1.82, 2.24) is 0 Å². The Hall–Kier alpha value is -1.85. The third-order valence-electron chi connectivity index (χ3n) is 2.70. The van der Waals surface area contributed by atoms with Crippen molar-refractivity contribution in [2.45, 2.75) is 32.9 Å². The molecule has 6 heteroatoms. The van der Waals surface area contributed by atoms with Crippen molar-refractivity contribution >= 4 is 17.4 Å². The van der Waals surface area contributed by atoms with Crippen molar-refractivity contribution in [3.63, 3.8) is 0 Å². The highest BCUT2D eigenvalue weighted by Gasteiger charge is 2.29. The van der Waals surface area contributed by atoms with Crippen LogP contribution < -0.4 is 0 Å². The number of esters is 1. The second kappa shape index (κ2) is 7.24. The van der Waals surface area contributed by atoms with Crippen LogP contribution in [-0.4, -0.2) is 18.8 Å². The summed E-state index contributed by atoms with van der Waals surface area (Å²) in [7, 11) is 1.29. The maximum Gasteiger partial charge on any atom is 0.416 e. The molecule has 1 aromatic rings. The number of rotatable bonds is 5. The van der Waals surface area contributed by atoms with Crippen LogP contribution in [0.5, 0.6) is 0 Å². The lowest BCUT2D eigenvalue weighted by atomic mass is 10.0. The van der Waals surface area contributed by atoms with Gasteiger partial charge in [-0.3, -0.25) is 9.79 Å². The van der Waals surface area contributed by atoms with Crippen LogP contribution in [0.15, 0.2) is 29.3 Å². The van der Waals surface area contributed by atoms with Crippen LogP contribution in [0.25, 0.3) is 0 Å². The van der Waals surface area contributed by atoms with Crippen molar-refractivity contribution in [3.8, 4) is 0 Å². The fourth-order valence-corrected chi connectivity index (χ4v) is 1.77. The summed E-state index contributed by atoms with van der Waals surface area (Å²) in [6.45, 7) is 3.94. The maximum atomic E-state index is 12.5. The Kier molecular flexibility index (Phi) is 5.93. The number of hydrogen-bond acceptors (Lipinski definition) is 3. The predicted molar refractivity (Wildman–Crippen MR) is 74.6 cm³/mol. The van der Waals surface area contributed by atoms with Gasteiger partial charge in [-0.2, -0.15) is 13.2 Å². The Morgan fingerprint density at radius 3 is 2.24 bits per heavy atom. The van der Waals surface area contributed by atoms with Crippen LogP contribution in [0.1, 0.15) is 32.3 Å². The van der Waals surface area contributed by atoms with E-state index in [9.17, 15) is 18.0 Å². The van der Waals surface area contributed by atoms with E-state index in [1.54, 1.807) is 0 Å². The molecule has 0 aliphatic carbocycles. The van der Waals surface area contributed by atoms with Gasteiger partial charge in [-0.25, -0.2) is 0 Å². The SMILES string of the molecule is COC(=O)CC(CC(C)C)=Nc1ccc(C(F)(F)F)cc1. The van der Waals surface area contributed by atoms with E-state index in [0.29, 0.717) is 17.8 Å². The molecule has 21 heavy (non-hydrogen) atoms. The third kappa shape index (κ3) is 5.97. The van der Waals surface area contributed by atoms with Gasteiger partial charge in [-0.1, -0.05) is 13.8 Å². The van der Waals surface area contributed by atoms with E-state index in [-0.39, 0.29) is 12.3 Å². The van der Waals surface area contributed by atoms with E-state index < -0.39 is 17.7 Å². The first-order chi connectivity index (χ1) is 9.72. The number of carbonyl (C=O) groups is 1. The number of ether oxygens (including phenoxy) is 1. The third-order valence-corrected chi connectivity index (χ3v) is 2.70. The van der Waals surface area contributed by atoms with Gasteiger partial charge in [-0.05, 0) is 36.6 Å². The predicted octanol–water partition coefficient (Wildman–Crippen LogP) is 4.39. The molecular formula is C15H18F3NO2. The Morgan fingerprint density at radius 2 is 1.81 bits per heavy atom. The van der Waals surface area contributed by atoms with Gasteiger partial charge in [0.05, 0.1) is 24.8 Å². The first-order valence-electron chi connectivity index (χ1n) is 6.53. The molecule has 0 spiro atoms. The van der Waals surface area contributed by atoms with E-state index >= 15 is 0 Å². The summed E-state index contributed by atoms with van der Waals surface area (Å²) in [6.07, 6.45) is -3.75. The molecule has 1 aromatic carbocycles. The first kappa shape index (κ1) is 17.2. The van der Waals surface area contributed by atoms with Gasteiger partial charge < -0.3 is 4.74 Å². The molecule has 0 aromatic heterocycles. The molecule has 0 heterocycles. The van der Waals surface area contributed by atoms with Crippen LogP contribution in [0.2, 0.25) is 0 Å². The van der Waals surface area contributed by atoms with Gasteiger partial charge in [-0.15, -0.1) is 0 Å². The van der Waals surface area contributed by atoms with E-state index in [1.165, 1.54) is 19.2 Å². The normalized spacial score (nSPS) is 12.6. The largest absolute Gasteiger partial charge is 0.469 e. The molecule has 3 nitrogen and oxygen atoms in total. The molecular weight excluding hydrogens is 283 g/mol. The maximum absolute atomic E-state index is 12.5. The van der Waals surface area contributed by atoms with Gasteiger partial charge in [0.25, 0.3) is 0 Å². The second-order valence-electron chi connectivity index (χ2n) is 5.07. The minimum absolute atomic E-state index is 0.0374. The highest BCUT2D eigenvalue weighted by Crippen LogP contribution is 2.30. The molecule has 116 valence electrons. The lowest BCUT2D eigenvalue weighted by Gasteiger charge is -2.09. The zero-order valence-electron chi connectivity index (χ0n) is 12.2. The molecule has 0 aliphatic rings. The highest BCUT2D eigenvalue weighted by molar-refractivity contribution is 6.00. The van der Waals surface area contributed by atoms with Crippen LogP contribution in [0.4, 0.5) is 18.9 Å². The topological polar surface area (TPSA) is 38.7 Å². The molecule has 0 saturated carbocycles. The molecule has 0 unspecified atom stereocenters. The highest BCUT2D eigenvalue weighted by atomic mass is 19.4. The number of hydrogen-bond donors (Lipinski definition) is 0. The average molecular weight is 301 g/mol. The second-order valence-corrected chi connectivity index (χ2v) is 5.07. The average Bonchev–Trinajstić information content (AvgIpc) is 2.37. The van der Waals surface area contributed by atoms with Crippen LogP contribution in [0, 0.1) is 5.92 Å². The molecule has 0 aliphatic heterocycles. The molecule has 0 radical (unpaired) electrons. The summed E-state index contributed by atoms with van der Waals surface area (Å²) in [5, 5.41) is 0. The molecule has 0 atom stereocenters. The van der Waals surface area contributed by atoms with Gasteiger partial charge in [0.2, 0.25) is 0 Å². The number of alkyl halides is 3. The van der Waals surface area contributed by atoms with E-state index in [1.807, 2.05) is 13.8 Å². The summed E-state index contributed by atoms with van der Waals surface area (Å²) in [6, 6.07) is 4.54. The van der Waals surface area contributed by atoms with Crippen molar-refractivity contribution in [2.24, 2.45) is 10.9 Å². The van der Waals surface area contributed by atoms with Gasteiger partial charge >= 0.3 is 12.1 Å². The van der Waals surface area contributed by atoms with E-state index in [4.69, 9.17) is 0 Å². The monoisotopic (exact) mass is 301 g/mol. The van der Waals surface area contributed by atoms with Gasteiger partial charge in [0, 0.05) is 5.71 Å². The van der Waals surface area contributed by atoms with E-state index in [0.717, 1.165) is 12.1 Å². The minimum Gasteiger partial charge on any atom is -0.469 e. The minimum atomic E-state index is -4.37. The number of benzene rings is 1. The molecule has 0 amide bonds. The molecule has 0 saturated heterocycles. The van der Waals surface area contributed by atoms with Crippen molar-refractivity contribution < 1.29 is 22.7 Å². The van der Waals surface area contributed by atoms with Gasteiger partial charge in [0.1, 0.15) is 0 Å². The van der Waals surface area contributed by atoms with Crippen LogP contribution in [0.3, 0.4) is 0 Å². The fraction of sp³-hybridized carbons (Fsp3) is 0.467. The Bertz CT molecular complexity index is 505. The summed E-state index contributed by atoms with van der Waals surface area (Å²) in [5.74, 6) is -0.135. The van der Waals surface area contributed by atoms with Crippen LogP contribution in [-0.2, 0) is 15.7 Å². The lowest BCUT2D eigenvalue weighted by molar-refractivity contribution is -0.139. The summed E-state index contributed by atoms with van der Waals surface area (Å²) in [5.41, 5.74) is 0.263. The zero-order chi connectivity index (χ0) is 16.0. The summed E-state index contributed by atoms with van der Waals surface area (Å²) >= 11 is 0. The fourth-order valence-electron chi connectivity index (χ4n) is 1.77. The Balaban J connectivity index is 2.95. The lowest BCUT2D eigenvalue weighted by Crippen LogP contribution is -2.11. The smallest absolute Gasteiger partial charge is 0.416 e. The number of halogens is 3. The van der Waals surface area contributed by atoms with Crippen molar-refractivity contribution in [1.29, 1.82) is 0 Å².